The van der Waals surface area contributed by atoms with E-state index in [1.807, 2.05) is 0 Å². The van der Waals surface area contributed by atoms with E-state index in [-0.39, 0.29) is 24.1 Å². The van der Waals surface area contributed by atoms with Crippen molar-refractivity contribution in [2.24, 2.45) is 11.3 Å². The zero-order valence-corrected chi connectivity index (χ0v) is 20.9. The number of anilines is 1. The highest BCUT2D eigenvalue weighted by Crippen LogP contribution is 2.43. The van der Waals surface area contributed by atoms with Gasteiger partial charge in [-0.05, 0) is 58.8 Å². The van der Waals surface area contributed by atoms with Crippen molar-refractivity contribution in [1.82, 2.24) is 20.2 Å². The van der Waals surface area contributed by atoms with Gasteiger partial charge in [-0.1, -0.05) is 0 Å². The van der Waals surface area contributed by atoms with E-state index in [1.165, 1.54) is 12.8 Å². The summed E-state index contributed by atoms with van der Waals surface area (Å²) >= 11 is 0. The van der Waals surface area contributed by atoms with Crippen molar-refractivity contribution < 1.29 is 23.5 Å². The molecule has 3 heterocycles. The number of nitrogens with one attached hydrogen (secondary N) is 1. The van der Waals surface area contributed by atoms with Crippen LogP contribution in [-0.2, 0) is 9.53 Å². The average Bonchev–Trinajstić information content (AvgIpc) is 3.60. The molecule has 2 aliphatic heterocycles. The van der Waals surface area contributed by atoms with E-state index in [2.05, 4.69) is 25.1 Å². The predicted molar refractivity (Wildman–Crippen MR) is 129 cm³/mol. The molecule has 192 valence electrons. The van der Waals surface area contributed by atoms with Gasteiger partial charge in [0, 0.05) is 38.3 Å². The molecule has 4 rings (SSSR count). The Balaban J connectivity index is 1.22. The van der Waals surface area contributed by atoms with Crippen molar-refractivity contribution in [1.29, 1.82) is 0 Å². The van der Waals surface area contributed by atoms with Crippen LogP contribution in [0, 0.1) is 11.3 Å². The molecule has 0 radical (unpaired) electrons. The first-order chi connectivity index (χ1) is 16.7. The number of halogens is 1. The first kappa shape index (κ1) is 25.2. The molecule has 0 bridgehead atoms. The summed E-state index contributed by atoms with van der Waals surface area (Å²) in [6, 6.07) is 0. The minimum absolute atomic E-state index is 0.0311. The number of hydrogen-bond donors (Lipinski definition) is 1. The molecule has 1 spiro atoms. The molecule has 1 aliphatic carbocycles. The molecule has 0 atom stereocenters. The minimum atomic E-state index is -0.628. The summed E-state index contributed by atoms with van der Waals surface area (Å²) < 4.78 is 23.9. The van der Waals surface area contributed by atoms with Gasteiger partial charge >= 0.3 is 6.09 Å². The fourth-order valence-corrected chi connectivity index (χ4v) is 4.62. The maximum atomic E-state index is 13.2. The Labute approximate surface area is 206 Å². The van der Waals surface area contributed by atoms with Crippen LogP contribution < -0.4 is 15.0 Å². The summed E-state index contributed by atoms with van der Waals surface area (Å²) in [6.07, 6.45) is 8.02. The molecule has 2 saturated heterocycles. The Kier molecular flexibility index (Phi) is 7.47. The molecule has 2 amide bonds. The van der Waals surface area contributed by atoms with Crippen LogP contribution in [0.2, 0.25) is 0 Å². The maximum Gasteiger partial charge on any atom is 0.407 e. The quantitative estimate of drug-likeness (QED) is 0.597. The summed E-state index contributed by atoms with van der Waals surface area (Å²) in [6.45, 7) is 8.49. The molecule has 1 aromatic heterocycles. The molecule has 3 aliphatic rings. The molecule has 0 unspecified atom stereocenters. The largest absolute Gasteiger partial charge is 0.486 e. The number of likely N-dealkylation sites (tertiary alicyclic amines) is 1. The lowest BCUT2D eigenvalue weighted by Gasteiger charge is -2.38. The number of nitrogens with zero attached hydrogens (tertiary/aromatic N) is 4. The number of ether oxygens (including phenoxy) is 2. The fourth-order valence-electron chi connectivity index (χ4n) is 4.62. The number of piperidine rings is 1. The molecule has 10 heteroatoms. The van der Waals surface area contributed by atoms with E-state index in [0.717, 1.165) is 51.4 Å². The third-order valence-corrected chi connectivity index (χ3v) is 6.83. The van der Waals surface area contributed by atoms with Crippen LogP contribution in [0.4, 0.5) is 15.1 Å². The number of carbonyl (C=O) groups excluding carboxylic acids is 2. The van der Waals surface area contributed by atoms with Gasteiger partial charge in [-0.25, -0.2) is 19.2 Å². The van der Waals surface area contributed by atoms with E-state index in [4.69, 9.17) is 9.47 Å². The van der Waals surface area contributed by atoms with Crippen molar-refractivity contribution >= 4 is 17.9 Å². The van der Waals surface area contributed by atoms with Gasteiger partial charge in [0.1, 0.15) is 12.2 Å². The van der Waals surface area contributed by atoms with Crippen LogP contribution in [0.5, 0.6) is 5.75 Å². The van der Waals surface area contributed by atoms with Gasteiger partial charge in [0.05, 0.1) is 24.1 Å². The SMILES string of the molecule is CC(C)(C)OC(=O)NC/C(=C\F)COc1cnc(N2CCC3(CCN(CC4CC4)C3=O)CC2)nc1. The molecule has 0 aromatic carbocycles. The van der Waals surface area contributed by atoms with Crippen molar-refractivity contribution in [3.63, 3.8) is 0 Å². The van der Waals surface area contributed by atoms with Crippen LogP contribution in [0.3, 0.4) is 0 Å². The first-order valence-corrected chi connectivity index (χ1v) is 12.4. The second-order valence-corrected chi connectivity index (χ2v) is 10.8. The number of amides is 2. The second-order valence-electron chi connectivity index (χ2n) is 10.8. The summed E-state index contributed by atoms with van der Waals surface area (Å²) in [7, 11) is 0. The first-order valence-electron chi connectivity index (χ1n) is 12.4. The Morgan fingerprint density at radius 3 is 2.46 bits per heavy atom. The summed E-state index contributed by atoms with van der Waals surface area (Å²) in [5, 5.41) is 2.50. The molecule has 35 heavy (non-hydrogen) atoms. The van der Waals surface area contributed by atoms with Crippen molar-refractivity contribution in [2.75, 3.05) is 44.2 Å². The van der Waals surface area contributed by atoms with Gasteiger partial charge in [0.2, 0.25) is 11.9 Å². The van der Waals surface area contributed by atoms with Gasteiger partial charge in [0.15, 0.2) is 5.75 Å². The van der Waals surface area contributed by atoms with Crippen LogP contribution in [0.25, 0.3) is 0 Å². The standard InChI is InChI=1S/C25H36FN5O4/c1-24(2,3)35-23(33)29-13-19(12-26)17-34-20-14-27-22(28-15-20)30-9-6-25(7-10-30)8-11-31(21(25)32)16-18-4-5-18/h12,14-15,18H,4-11,13,16-17H2,1-3H3,(H,29,33)/b19-12+. The topological polar surface area (TPSA) is 96.9 Å². The number of rotatable bonds is 8. The van der Waals surface area contributed by atoms with E-state index in [9.17, 15) is 14.0 Å². The van der Waals surface area contributed by atoms with Crippen LogP contribution in [0.15, 0.2) is 24.3 Å². The Hall–Kier alpha value is -2.91. The smallest absolute Gasteiger partial charge is 0.407 e. The zero-order valence-electron chi connectivity index (χ0n) is 20.9. The molecule has 1 saturated carbocycles. The van der Waals surface area contributed by atoms with Crippen LogP contribution in [-0.4, -0.2) is 71.8 Å². The lowest BCUT2D eigenvalue weighted by molar-refractivity contribution is -0.137. The summed E-state index contributed by atoms with van der Waals surface area (Å²) in [4.78, 5) is 37.8. The van der Waals surface area contributed by atoms with E-state index in [0.29, 0.717) is 23.9 Å². The monoisotopic (exact) mass is 489 g/mol. The van der Waals surface area contributed by atoms with Crippen LogP contribution >= 0.6 is 0 Å². The van der Waals surface area contributed by atoms with Gasteiger partial charge in [0.25, 0.3) is 0 Å². The highest BCUT2D eigenvalue weighted by atomic mass is 19.1. The highest BCUT2D eigenvalue weighted by Gasteiger charge is 2.49. The number of alkyl carbamates (subject to hydrolysis) is 1. The molecule has 3 fully saturated rings. The summed E-state index contributed by atoms with van der Waals surface area (Å²) in [5.74, 6) is 2.06. The Morgan fingerprint density at radius 2 is 1.86 bits per heavy atom. The molecular weight excluding hydrogens is 453 g/mol. The second kappa shape index (κ2) is 10.4. The maximum absolute atomic E-state index is 13.2. The zero-order chi connectivity index (χ0) is 25.1. The van der Waals surface area contributed by atoms with Gasteiger partial charge in [-0.3, -0.25) is 4.79 Å². The highest BCUT2D eigenvalue weighted by molar-refractivity contribution is 5.85. The normalized spacial score (nSPS) is 20.3. The number of aromatic nitrogens is 2. The number of carbonyl (C=O) groups is 2. The van der Waals surface area contributed by atoms with E-state index < -0.39 is 11.7 Å². The lowest BCUT2D eigenvalue weighted by Crippen LogP contribution is -2.45. The Morgan fingerprint density at radius 1 is 1.20 bits per heavy atom. The van der Waals surface area contributed by atoms with Crippen LogP contribution in [0.1, 0.15) is 52.9 Å². The fraction of sp³-hybridized carbons (Fsp3) is 0.680. The molecule has 9 nitrogen and oxygen atoms in total. The third-order valence-electron chi connectivity index (χ3n) is 6.83. The molecular formula is C25H36FN5O4. The van der Waals surface area contributed by atoms with Gasteiger partial charge in [-0.2, -0.15) is 0 Å². The molecule has 1 aromatic rings. The van der Waals surface area contributed by atoms with Crippen molar-refractivity contribution in [3.05, 3.63) is 24.3 Å². The van der Waals surface area contributed by atoms with Crippen molar-refractivity contribution in [2.45, 2.75) is 58.5 Å². The minimum Gasteiger partial charge on any atom is -0.486 e. The van der Waals surface area contributed by atoms with Gasteiger partial charge in [-0.15, -0.1) is 0 Å². The number of hydrogen-bond acceptors (Lipinski definition) is 7. The average molecular weight is 490 g/mol. The van der Waals surface area contributed by atoms with Gasteiger partial charge < -0.3 is 24.6 Å². The predicted octanol–water partition coefficient (Wildman–Crippen LogP) is 3.46. The van der Waals surface area contributed by atoms with Crippen molar-refractivity contribution in [3.8, 4) is 5.75 Å². The third kappa shape index (κ3) is 6.61. The Bertz CT molecular complexity index is 934. The molecule has 1 N–H and O–H groups in total. The van der Waals surface area contributed by atoms with E-state index >= 15 is 0 Å². The summed E-state index contributed by atoms with van der Waals surface area (Å²) in [5.41, 5.74) is -0.591. The van der Waals surface area contributed by atoms with E-state index in [1.54, 1.807) is 33.2 Å². The lowest BCUT2D eigenvalue weighted by atomic mass is 9.77.